The second-order valence-electron chi connectivity index (χ2n) is 5.15. The largest absolute Gasteiger partial charge is 0.360 e. The van der Waals surface area contributed by atoms with E-state index in [1.54, 1.807) is 12.1 Å². The van der Waals surface area contributed by atoms with Crippen LogP contribution in [0.2, 0.25) is 10.0 Å². The fourth-order valence-electron chi connectivity index (χ4n) is 2.07. The molecular formula is C17H18Cl2N2S. The van der Waals surface area contributed by atoms with Crippen LogP contribution in [-0.4, -0.2) is 11.2 Å². The summed E-state index contributed by atoms with van der Waals surface area (Å²) in [4.78, 5) is 0. The summed E-state index contributed by atoms with van der Waals surface area (Å²) in [6.45, 7) is 2.11. The van der Waals surface area contributed by atoms with Crippen molar-refractivity contribution in [3.8, 4) is 0 Å². The molecule has 2 nitrogen and oxygen atoms in total. The molecule has 0 unspecified atom stereocenters. The standard InChI is InChI=1S/C17H18Cl2N2S/c1-12(7-8-13-5-3-2-4-6-13)20-17(22)21-16-10-9-14(18)11-15(16)19/h2-6,9-12H,7-8H2,1H3,(H2,20,21,22)/t12-/m0/s1. The van der Waals surface area contributed by atoms with E-state index in [1.165, 1.54) is 5.56 Å². The van der Waals surface area contributed by atoms with Crippen LogP contribution in [0.5, 0.6) is 0 Å². The second kappa shape index (κ2) is 8.37. The second-order valence-corrected chi connectivity index (χ2v) is 6.40. The van der Waals surface area contributed by atoms with Gasteiger partial charge >= 0.3 is 0 Å². The fraction of sp³-hybridized carbons (Fsp3) is 0.235. The lowest BCUT2D eigenvalue weighted by Crippen LogP contribution is -2.36. The molecule has 2 aromatic rings. The third-order valence-electron chi connectivity index (χ3n) is 3.27. The lowest BCUT2D eigenvalue weighted by Gasteiger charge is -2.17. The van der Waals surface area contributed by atoms with Gasteiger partial charge in [-0.25, -0.2) is 0 Å². The maximum atomic E-state index is 6.12. The molecule has 5 heteroatoms. The van der Waals surface area contributed by atoms with Crippen LogP contribution in [0.25, 0.3) is 0 Å². The predicted molar refractivity (Wildman–Crippen MR) is 100 cm³/mol. The first-order valence-electron chi connectivity index (χ1n) is 7.11. The van der Waals surface area contributed by atoms with Gasteiger partial charge in [0.1, 0.15) is 0 Å². The molecule has 0 aliphatic heterocycles. The Morgan fingerprint density at radius 3 is 2.55 bits per heavy atom. The summed E-state index contributed by atoms with van der Waals surface area (Å²) in [5, 5.41) is 8.08. The van der Waals surface area contributed by atoms with E-state index < -0.39 is 0 Å². The zero-order valence-electron chi connectivity index (χ0n) is 12.3. The molecule has 0 aromatic heterocycles. The van der Waals surface area contributed by atoms with Crippen LogP contribution in [0.4, 0.5) is 5.69 Å². The van der Waals surface area contributed by atoms with Gasteiger partial charge in [-0.05, 0) is 55.7 Å². The molecule has 0 heterocycles. The maximum Gasteiger partial charge on any atom is 0.171 e. The van der Waals surface area contributed by atoms with Crippen LogP contribution < -0.4 is 10.6 Å². The molecule has 0 bridgehead atoms. The quantitative estimate of drug-likeness (QED) is 0.713. The van der Waals surface area contributed by atoms with Crippen LogP contribution in [0, 0.1) is 0 Å². The summed E-state index contributed by atoms with van der Waals surface area (Å²) in [6.07, 6.45) is 2.01. The third kappa shape index (κ3) is 5.48. The molecule has 22 heavy (non-hydrogen) atoms. The Bertz CT molecular complexity index is 632. The molecule has 0 spiro atoms. The van der Waals surface area contributed by atoms with Gasteiger partial charge in [0, 0.05) is 11.1 Å². The minimum atomic E-state index is 0.270. The first-order valence-corrected chi connectivity index (χ1v) is 8.27. The van der Waals surface area contributed by atoms with Crippen LogP contribution in [0.15, 0.2) is 48.5 Å². The molecule has 0 saturated heterocycles. The number of anilines is 1. The summed E-state index contributed by atoms with van der Waals surface area (Å²) >= 11 is 17.3. The van der Waals surface area contributed by atoms with E-state index in [0.717, 1.165) is 18.5 Å². The number of aryl methyl sites for hydroxylation is 1. The highest BCUT2D eigenvalue weighted by Crippen LogP contribution is 2.25. The number of hydrogen-bond donors (Lipinski definition) is 2. The monoisotopic (exact) mass is 352 g/mol. The molecule has 116 valence electrons. The number of thiocarbonyl (C=S) groups is 1. The van der Waals surface area contributed by atoms with Gasteiger partial charge in [-0.1, -0.05) is 53.5 Å². The zero-order valence-corrected chi connectivity index (χ0v) is 14.6. The highest BCUT2D eigenvalue weighted by Gasteiger charge is 2.07. The Labute approximate surface area is 146 Å². The summed E-state index contributed by atoms with van der Waals surface area (Å²) in [5.41, 5.74) is 2.08. The topological polar surface area (TPSA) is 24.1 Å². The van der Waals surface area contributed by atoms with E-state index in [2.05, 4.69) is 41.8 Å². The van der Waals surface area contributed by atoms with Gasteiger partial charge < -0.3 is 10.6 Å². The van der Waals surface area contributed by atoms with Crippen molar-refractivity contribution in [3.63, 3.8) is 0 Å². The predicted octanol–water partition coefficient (Wildman–Crippen LogP) is 5.30. The number of hydrogen-bond acceptors (Lipinski definition) is 1. The van der Waals surface area contributed by atoms with Crippen molar-refractivity contribution in [1.29, 1.82) is 0 Å². The van der Waals surface area contributed by atoms with Crippen molar-refractivity contribution in [1.82, 2.24) is 5.32 Å². The van der Waals surface area contributed by atoms with Gasteiger partial charge in [-0.3, -0.25) is 0 Å². The minimum absolute atomic E-state index is 0.270. The normalized spacial score (nSPS) is 11.8. The fourth-order valence-corrected chi connectivity index (χ4v) is 2.84. The smallest absolute Gasteiger partial charge is 0.171 e. The lowest BCUT2D eigenvalue weighted by atomic mass is 10.1. The van der Waals surface area contributed by atoms with E-state index >= 15 is 0 Å². The van der Waals surface area contributed by atoms with Crippen LogP contribution in [0.3, 0.4) is 0 Å². The SMILES string of the molecule is C[C@@H](CCc1ccccc1)NC(=S)Nc1ccc(Cl)cc1Cl. The molecule has 0 saturated carbocycles. The number of nitrogens with one attached hydrogen (secondary N) is 2. The molecular weight excluding hydrogens is 335 g/mol. The van der Waals surface area contributed by atoms with Crippen molar-refractivity contribution >= 4 is 46.2 Å². The highest BCUT2D eigenvalue weighted by atomic mass is 35.5. The minimum Gasteiger partial charge on any atom is -0.360 e. The van der Waals surface area contributed by atoms with Gasteiger partial charge in [0.25, 0.3) is 0 Å². The van der Waals surface area contributed by atoms with Gasteiger partial charge in [0.05, 0.1) is 10.7 Å². The molecule has 0 aliphatic rings. The van der Waals surface area contributed by atoms with E-state index in [9.17, 15) is 0 Å². The summed E-state index contributed by atoms with van der Waals surface area (Å²) < 4.78 is 0. The molecule has 1 atom stereocenters. The highest BCUT2D eigenvalue weighted by molar-refractivity contribution is 7.80. The van der Waals surface area contributed by atoms with Crippen LogP contribution in [0.1, 0.15) is 18.9 Å². The average molecular weight is 353 g/mol. The number of rotatable bonds is 5. The van der Waals surface area contributed by atoms with Gasteiger partial charge in [0.2, 0.25) is 0 Å². The number of halogens is 2. The Morgan fingerprint density at radius 2 is 1.86 bits per heavy atom. The molecule has 2 rings (SSSR count). The van der Waals surface area contributed by atoms with E-state index in [-0.39, 0.29) is 6.04 Å². The van der Waals surface area contributed by atoms with Crippen molar-refractivity contribution in [2.24, 2.45) is 0 Å². The zero-order chi connectivity index (χ0) is 15.9. The summed E-state index contributed by atoms with van der Waals surface area (Å²) in [5.74, 6) is 0. The lowest BCUT2D eigenvalue weighted by molar-refractivity contribution is 0.609. The average Bonchev–Trinajstić information content (AvgIpc) is 2.49. The Morgan fingerprint density at radius 1 is 1.14 bits per heavy atom. The third-order valence-corrected chi connectivity index (χ3v) is 4.03. The Balaban J connectivity index is 1.81. The van der Waals surface area contributed by atoms with Crippen LogP contribution in [-0.2, 0) is 6.42 Å². The molecule has 2 N–H and O–H groups in total. The first-order chi connectivity index (χ1) is 10.5. The maximum absolute atomic E-state index is 6.12. The van der Waals surface area contributed by atoms with Gasteiger partial charge in [-0.2, -0.15) is 0 Å². The van der Waals surface area contributed by atoms with E-state index in [4.69, 9.17) is 35.4 Å². The van der Waals surface area contributed by atoms with E-state index in [1.807, 2.05) is 12.1 Å². The van der Waals surface area contributed by atoms with Crippen LogP contribution >= 0.6 is 35.4 Å². The first kappa shape index (κ1) is 17.1. The Kier molecular flexibility index (Phi) is 6.49. The summed E-state index contributed by atoms with van der Waals surface area (Å²) in [6, 6.07) is 16.0. The molecule has 0 amide bonds. The van der Waals surface area contributed by atoms with Gasteiger partial charge in [-0.15, -0.1) is 0 Å². The molecule has 2 aromatic carbocycles. The molecule has 0 aliphatic carbocycles. The van der Waals surface area contributed by atoms with Crippen molar-refractivity contribution < 1.29 is 0 Å². The van der Waals surface area contributed by atoms with E-state index in [0.29, 0.717) is 15.2 Å². The Hall–Kier alpha value is -1.29. The van der Waals surface area contributed by atoms with Gasteiger partial charge in [0.15, 0.2) is 5.11 Å². The van der Waals surface area contributed by atoms with Crippen molar-refractivity contribution in [2.75, 3.05) is 5.32 Å². The number of benzene rings is 2. The van der Waals surface area contributed by atoms with Crippen molar-refractivity contribution in [3.05, 3.63) is 64.1 Å². The molecule has 0 radical (unpaired) electrons. The summed E-state index contributed by atoms with van der Waals surface area (Å²) in [7, 11) is 0. The molecule has 0 fully saturated rings. The van der Waals surface area contributed by atoms with Crippen molar-refractivity contribution in [2.45, 2.75) is 25.8 Å².